The summed E-state index contributed by atoms with van der Waals surface area (Å²) in [5, 5.41) is 4.21. The van der Waals surface area contributed by atoms with Crippen molar-refractivity contribution >= 4 is 5.91 Å². The van der Waals surface area contributed by atoms with Crippen molar-refractivity contribution in [2.45, 2.75) is 63.8 Å². The number of carbonyl (C=O) groups excluding carboxylic acids is 1. The van der Waals surface area contributed by atoms with E-state index in [0.717, 1.165) is 70.3 Å². The number of carbonyl (C=O) groups is 1. The van der Waals surface area contributed by atoms with Crippen LogP contribution in [-0.4, -0.2) is 65.7 Å². The lowest BCUT2D eigenvalue weighted by Crippen LogP contribution is -2.41. The van der Waals surface area contributed by atoms with Gasteiger partial charge in [0, 0.05) is 39.1 Å². The number of aromatic nitrogens is 2. The quantitative estimate of drug-likeness (QED) is 0.681. The van der Waals surface area contributed by atoms with Crippen LogP contribution in [0.4, 0.5) is 0 Å². The number of hydrogen-bond acceptors (Lipinski definition) is 6. The smallest absolute Gasteiger partial charge is 0.229 e. The van der Waals surface area contributed by atoms with Gasteiger partial charge in [-0.3, -0.25) is 9.69 Å². The van der Waals surface area contributed by atoms with Crippen LogP contribution in [0.3, 0.4) is 0 Å². The molecule has 0 aromatic carbocycles. The van der Waals surface area contributed by atoms with Crippen LogP contribution >= 0.6 is 0 Å². The van der Waals surface area contributed by atoms with Crippen LogP contribution in [0.1, 0.15) is 69.0 Å². The molecule has 7 heteroatoms. The number of hydrogen-bond donors (Lipinski definition) is 0. The van der Waals surface area contributed by atoms with E-state index in [9.17, 15) is 4.79 Å². The topological polar surface area (TPSA) is 71.7 Å². The number of piperidine rings is 1. The third kappa shape index (κ3) is 4.35. The van der Waals surface area contributed by atoms with Crippen molar-refractivity contribution in [2.24, 2.45) is 5.41 Å². The van der Waals surface area contributed by atoms with E-state index in [1.165, 1.54) is 25.7 Å². The molecular formula is C20H32N4O3. The van der Waals surface area contributed by atoms with E-state index in [4.69, 9.17) is 9.26 Å². The molecule has 2 saturated heterocycles. The molecule has 3 aliphatic rings. The molecular weight excluding hydrogens is 344 g/mol. The molecule has 0 atom stereocenters. The molecule has 2 aliphatic heterocycles. The highest BCUT2D eigenvalue weighted by Crippen LogP contribution is 2.41. The van der Waals surface area contributed by atoms with Crippen molar-refractivity contribution in [3.63, 3.8) is 0 Å². The van der Waals surface area contributed by atoms with Crippen molar-refractivity contribution < 1.29 is 14.1 Å². The number of rotatable bonds is 7. The van der Waals surface area contributed by atoms with E-state index in [2.05, 4.69) is 15.0 Å². The Morgan fingerprint density at radius 1 is 1.26 bits per heavy atom. The SMILES string of the molecule is COCCCN1CC2(CCN(Cc3noc(C4CCCC4)n3)CC2)CC1=O. The number of amides is 1. The summed E-state index contributed by atoms with van der Waals surface area (Å²) in [6, 6.07) is 0. The summed E-state index contributed by atoms with van der Waals surface area (Å²) in [4.78, 5) is 21.5. The van der Waals surface area contributed by atoms with Crippen LogP contribution in [-0.2, 0) is 16.1 Å². The van der Waals surface area contributed by atoms with Crippen molar-refractivity contribution in [1.29, 1.82) is 0 Å². The number of methoxy groups -OCH3 is 1. The highest BCUT2D eigenvalue weighted by Gasteiger charge is 2.44. The van der Waals surface area contributed by atoms with Gasteiger partial charge in [-0.05, 0) is 50.6 Å². The molecule has 0 N–H and O–H groups in total. The lowest BCUT2D eigenvalue weighted by atomic mass is 9.77. The molecule has 1 saturated carbocycles. The minimum Gasteiger partial charge on any atom is -0.385 e. The largest absolute Gasteiger partial charge is 0.385 e. The average molecular weight is 377 g/mol. The van der Waals surface area contributed by atoms with Gasteiger partial charge in [-0.2, -0.15) is 4.98 Å². The first-order valence-electron chi connectivity index (χ1n) is 10.5. The minimum atomic E-state index is 0.174. The summed E-state index contributed by atoms with van der Waals surface area (Å²) < 4.78 is 10.6. The van der Waals surface area contributed by atoms with Gasteiger partial charge in [-0.1, -0.05) is 18.0 Å². The second-order valence-corrected chi connectivity index (χ2v) is 8.64. The van der Waals surface area contributed by atoms with Gasteiger partial charge < -0.3 is 14.2 Å². The lowest BCUT2D eigenvalue weighted by Gasteiger charge is -2.38. The Morgan fingerprint density at radius 3 is 2.78 bits per heavy atom. The molecule has 1 aliphatic carbocycles. The summed E-state index contributed by atoms with van der Waals surface area (Å²) in [5.41, 5.74) is 0.174. The van der Waals surface area contributed by atoms with Crippen molar-refractivity contribution in [3.05, 3.63) is 11.7 Å². The standard InChI is InChI=1S/C20H32N4O3/c1-26-12-4-9-24-15-20(13-18(24)25)7-10-23(11-8-20)14-17-21-19(27-22-17)16-5-2-3-6-16/h16H,2-15H2,1H3. The zero-order chi connectivity index (χ0) is 18.7. The maximum Gasteiger partial charge on any atom is 0.229 e. The van der Waals surface area contributed by atoms with E-state index >= 15 is 0 Å². The fourth-order valence-electron chi connectivity index (χ4n) is 4.98. The molecule has 1 spiro atoms. The molecule has 3 heterocycles. The Morgan fingerprint density at radius 2 is 2.04 bits per heavy atom. The molecule has 0 bridgehead atoms. The fourth-order valence-corrected chi connectivity index (χ4v) is 4.98. The van der Waals surface area contributed by atoms with E-state index < -0.39 is 0 Å². The molecule has 1 amide bonds. The van der Waals surface area contributed by atoms with Gasteiger partial charge in [0.2, 0.25) is 11.8 Å². The normalized spacial score (nSPS) is 23.7. The first-order chi connectivity index (χ1) is 13.2. The fraction of sp³-hybridized carbons (Fsp3) is 0.850. The average Bonchev–Trinajstić information content (AvgIpc) is 3.39. The Kier molecular flexibility index (Phi) is 5.78. The molecule has 1 aromatic heterocycles. The van der Waals surface area contributed by atoms with E-state index in [1.54, 1.807) is 7.11 Å². The van der Waals surface area contributed by atoms with Gasteiger partial charge in [0.25, 0.3) is 0 Å². The molecule has 4 rings (SSSR count). The highest BCUT2D eigenvalue weighted by atomic mass is 16.5. The molecule has 27 heavy (non-hydrogen) atoms. The van der Waals surface area contributed by atoms with E-state index in [0.29, 0.717) is 18.2 Å². The molecule has 7 nitrogen and oxygen atoms in total. The summed E-state index contributed by atoms with van der Waals surface area (Å²) in [5.74, 6) is 2.45. The van der Waals surface area contributed by atoms with Crippen LogP contribution in [0.25, 0.3) is 0 Å². The zero-order valence-corrected chi connectivity index (χ0v) is 16.5. The molecule has 150 valence electrons. The first-order valence-corrected chi connectivity index (χ1v) is 10.5. The highest BCUT2D eigenvalue weighted by molar-refractivity contribution is 5.79. The van der Waals surface area contributed by atoms with Crippen LogP contribution < -0.4 is 0 Å². The minimum absolute atomic E-state index is 0.174. The van der Waals surface area contributed by atoms with Gasteiger partial charge in [-0.15, -0.1) is 0 Å². The Bertz CT molecular complexity index is 633. The Hall–Kier alpha value is -1.47. The molecule has 1 aromatic rings. The van der Waals surface area contributed by atoms with Crippen LogP contribution in [0.15, 0.2) is 4.52 Å². The maximum atomic E-state index is 12.4. The third-order valence-corrected chi connectivity index (χ3v) is 6.65. The van der Waals surface area contributed by atoms with Gasteiger partial charge in [-0.25, -0.2) is 0 Å². The van der Waals surface area contributed by atoms with Gasteiger partial charge in [0.15, 0.2) is 5.82 Å². The van der Waals surface area contributed by atoms with Gasteiger partial charge >= 0.3 is 0 Å². The van der Waals surface area contributed by atoms with Crippen molar-refractivity contribution in [1.82, 2.24) is 19.9 Å². The zero-order valence-electron chi connectivity index (χ0n) is 16.5. The monoisotopic (exact) mass is 376 g/mol. The van der Waals surface area contributed by atoms with Gasteiger partial charge in [0.05, 0.1) is 6.54 Å². The Balaban J connectivity index is 1.26. The van der Waals surface area contributed by atoms with Crippen LogP contribution in [0.2, 0.25) is 0 Å². The summed E-state index contributed by atoms with van der Waals surface area (Å²) >= 11 is 0. The summed E-state index contributed by atoms with van der Waals surface area (Å²) in [6.07, 6.45) is 8.70. The number of ether oxygens (including phenoxy) is 1. The van der Waals surface area contributed by atoms with Crippen LogP contribution in [0.5, 0.6) is 0 Å². The second-order valence-electron chi connectivity index (χ2n) is 8.64. The predicted molar refractivity (Wildman–Crippen MR) is 100 cm³/mol. The summed E-state index contributed by atoms with van der Waals surface area (Å²) in [6.45, 7) is 5.23. The molecule has 0 radical (unpaired) electrons. The number of likely N-dealkylation sites (tertiary alicyclic amines) is 2. The van der Waals surface area contributed by atoms with Crippen LogP contribution in [0, 0.1) is 5.41 Å². The van der Waals surface area contributed by atoms with Gasteiger partial charge in [0.1, 0.15) is 0 Å². The first kappa shape index (κ1) is 18.9. The Labute approximate surface area is 161 Å². The van der Waals surface area contributed by atoms with Crippen molar-refractivity contribution in [2.75, 3.05) is 39.9 Å². The summed E-state index contributed by atoms with van der Waals surface area (Å²) in [7, 11) is 1.71. The predicted octanol–water partition coefficient (Wildman–Crippen LogP) is 2.58. The maximum absolute atomic E-state index is 12.4. The molecule has 3 fully saturated rings. The van der Waals surface area contributed by atoms with E-state index in [-0.39, 0.29) is 5.41 Å². The number of nitrogens with zero attached hydrogens (tertiary/aromatic N) is 4. The third-order valence-electron chi connectivity index (χ3n) is 6.65. The van der Waals surface area contributed by atoms with E-state index in [1.807, 2.05) is 4.90 Å². The lowest BCUT2D eigenvalue weighted by molar-refractivity contribution is -0.128. The second kappa shape index (κ2) is 8.27. The molecule has 0 unspecified atom stereocenters. The van der Waals surface area contributed by atoms with Crippen molar-refractivity contribution in [3.8, 4) is 0 Å².